The van der Waals surface area contributed by atoms with E-state index in [-0.39, 0.29) is 17.9 Å². The first-order chi connectivity index (χ1) is 18.9. The van der Waals surface area contributed by atoms with E-state index in [0.717, 1.165) is 43.6 Å². The first-order valence-electron chi connectivity index (χ1n) is 12.9. The largest absolute Gasteiger partial charge is 0.383 e. The molecule has 2 amide bonds. The Hall–Kier alpha value is -4.42. The van der Waals surface area contributed by atoms with Crippen molar-refractivity contribution in [1.82, 2.24) is 35.1 Å². The molecule has 5 N–H and O–H groups in total. The summed E-state index contributed by atoms with van der Waals surface area (Å²) in [6, 6.07) is 11.0. The topological polar surface area (TPSA) is 164 Å². The van der Waals surface area contributed by atoms with Gasteiger partial charge in [0.25, 0.3) is 5.91 Å². The lowest BCUT2D eigenvalue weighted by Crippen LogP contribution is -2.24. The number of hydrogen-bond acceptors (Lipinski definition) is 9. The van der Waals surface area contributed by atoms with Crippen LogP contribution in [-0.4, -0.2) is 66.3 Å². The van der Waals surface area contributed by atoms with Crippen molar-refractivity contribution in [2.75, 3.05) is 30.7 Å². The van der Waals surface area contributed by atoms with Crippen LogP contribution in [0.5, 0.6) is 0 Å². The number of aryl methyl sites for hydroxylation is 1. The van der Waals surface area contributed by atoms with Gasteiger partial charge in [-0.3, -0.25) is 14.8 Å². The van der Waals surface area contributed by atoms with E-state index in [4.69, 9.17) is 16.0 Å². The molecule has 0 spiro atoms. The molecule has 1 atom stereocenters. The number of likely N-dealkylation sites (tertiary alicyclic amines) is 1. The number of nitrogens with one attached hydrogen (secondary N) is 2. The molecule has 1 unspecified atom stereocenters. The van der Waals surface area contributed by atoms with Crippen molar-refractivity contribution in [2.24, 2.45) is 0 Å². The zero-order valence-corrected chi connectivity index (χ0v) is 21.7. The summed E-state index contributed by atoms with van der Waals surface area (Å²) in [6.45, 7) is 4.52. The highest BCUT2D eigenvalue weighted by atomic mass is 16.5. The molecule has 4 aromatic rings. The fourth-order valence-electron chi connectivity index (χ4n) is 4.92. The van der Waals surface area contributed by atoms with Crippen LogP contribution in [0.25, 0.3) is 22.3 Å². The molecule has 1 aromatic carbocycles. The quantitative estimate of drug-likeness (QED) is 0.145. The standard InChI is InChI=1S/C27H31N9O3/c1-17-9-11-29-21(14-17)32-27(38)19-7-5-18(6-8-19)24-23-25(28)30-16-31-26(23)36(33-24)20-10-13-35(15-20)12-3-2-4-22(37)34-39/h5-9,11,14,16,20,39H,2-4,10,12-13,15H2,1H3,(H,34,37)(H2,28,30,31)(H,29,32,38). The highest BCUT2D eigenvalue weighted by Crippen LogP contribution is 2.34. The Morgan fingerprint density at radius 1 is 1.13 bits per heavy atom. The minimum Gasteiger partial charge on any atom is -0.383 e. The molecule has 5 rings (SSSR count). The van der Waals surface area contributed by atoms with Gasteiger partial charge in [0, 0.05) is 36.8 Å². The SMILES string of the molecule is Cc1ccnc(NC(=O)c2ccc(-c3nn(C4CCN(CCCCC(=O)NO)C4)c4ncnc(N)c34)cc2)c1. The number of fused-ring (bicyclic) bond motifs is 1. The molecule has 4 heterocycles. The molecule has 0 saturated carbocycles. The van der Waals surface area contributed by atoms with Gasteiger partial charge in [-0.05, 0) is 62.6 Å². The van der Waals surface area contributed by atoms with E-state index in [0.29, 0.717) is 46.8 Å². The van der Waals surface area contributed by atoms with E-state index in [1.165, 1.54) is 6.33 Å². The number of anilines is 2. The number of amides is 2. The highest BCUT2D eigenvalue weighted by molar-refractivity contribution is 6.04. The molecule has 0 radical (unpaired) electrons. The van der Waals surface area contributed by atoms with Gasteiger partial charge >= 0.3 is 0 Å². The summed E-state index contributed by atoms with van der Waals surface area (Å²) in [5.74, 6) is 0.241. The average molecular weight is 530 g/mol. The van der Waals surface area contributed by atoms with Crippen molar-refractivity contribution >= 4 is 34.5 Å². The van der Waals surface area contributed by atoms with Crippen LogP contribution >= 0.6 is 0 Å². The molecule has 12 nitrogen and oxygen atoms in total. The summed E-state index contributed by atoms with van der Waals surface area (Å²) >= 11 is 0. The Balaban J connectivity index is 1.33. The van der Waals surface area contributed by atoms with Gasteiger partial charge in [-0.1, -0.05) is 12.1 Å². The number of nitrogens with zero attached hydrogens (tertiary/aromatic N) is 6. The van der Waals surface area contributed by atoms with Crippen LogP contribution in [0.1, 0.15) is 47.6 Å². The number of aromatic nitrogens is 5. The van der Waals surface area contributed by atoms with Gasteiger partial charge in [-0.25, -0.2) is 25.1 Å². The molecule has 1 saturated heterocycles. The molecule has 12 heteroatoms. The first kappa shape index (κ1) is 26.2. The van der Waals surface area contributed by atoms with Crippen molar-refractivity contribution in [3.8, 4) is 11.3 Å². The molecular formula is C27H31N9O3. The van der Waals surface area contributed by atoms with Gasteiger partial charge in [-0.15, -0.1) is 0 Å². The van der Waals surface area contributed by atoms with Crippen molar-refractivity contribution in [3.63, 3.8) is 0 Å². The van der Waals surface area contributed by atoms with Crippen molar-refractivity contribution in [2.45, 2.75) is 38.6 Å². The third kappa shape index (κ3) is 5.86. The summed E-state index contributed by atoms with van der Waals surface area (Å²) in [4.78, 5) is 39.2. The van der Waals surface area contributed by atoms with Gasteiger partial charge in [0.1, 0.15) is 23.7 Å². The number of benzene rings is 1. The van der Waals surface area contributed by atoms with E-state index in [1.807, 2.05) is 35.9 Å². The van der Waals surface area contributed by atoms with Crippen LogP contribution in [0.15, 0.2) is 48.9 Å². The number of carbonyl (C=O) groups is 2. The number of carbonyl (C=O) groups excluding carboxylic acids is 2. The maximum atomic E-state index is 12.7. The van der Waals surface area contributed by atoms with Crippen LogP contribution in [0.2, 0.25) is 0 Å². The van der Waals surface area contributed by atoms with Crippen LogP contribution in [0, 0.1) is 6.92 Å². The Morgan fingerprint density at radius 2 is 1.95 bits per heavy atom. The van der Waals surface area contributed by atoms with Gasteiger partial charge in [0.05, 0.1) is 11.4 Å². The van der Waals surface area contributed by atoms with E-state index < -0.39 is 0 Å². The third-order valence-electron chi connectivity index (χ3n) is 6.94. The van der Waals surface area contributed by atoms with Crippen LogP contribution in [-0.2, 0) is 4.79 Å². The Morgan fingerprint density at radius 3 is 2.72 bits per heavy atom. The fourth-order valence-corrected chi connectivity index (χ4v) is 4.92. The number of rotatable bonds is 9. The smallest absolute Gasteiger partial charge is 0.256 e. The molecule has 1 aliphatic rings. The minimum absolute atomic E-state index is 0.114. The molecule has 202 valence electrons. The number of hydroxylamine groups is 1. The first-order valence-corrected chi connectivity index (χ1v) is 12.9. The maximum Gasteiger partial charge on any atom is 0.256 e. The van der Waals surface area contributed by atoms with Crippen LogP contribution in [0.4, 0.5) is 11.6 Å². The molecule has 1 fully saturated rings. The predicted molar refractivity (Wildman–Crippen MR) is 146 cm³/mol. The van der Waals surface area contributed by atoms with E-state index in [9.17, 15) is 9.59 Å². The molecule has 1 aliphatic heterocycles. The number of nitrogens with two attached hydrogens (primary N) is 1. The maximum absolute atomic E-state index is 12.7. The fraction of sp³-hybridized carbons (Fsp3) is 0.333. The van der Waals surface area contributed by atoms with Gasteiger partial charge < -0.3 is 16.0 Å². The van der Waals surface area contributed by atoms with E-state index in [2.05, 4.69) is 25.2 Å². The number of nitrogen functional groups attached to an aromatic ring is 1. The number of hydrogen-bond donors (Lipinski definition) is 4. The zero-order chi connectivity index (χ0) is 27.4. The lowest BCUT2D eigenvalue weighted by atomic mass is 10.1. The van der Waals surface area contributed by atoms with Gasteiger partial charge in [-0.2, -0.15) is 5.10 Å². The molecule has 39 heavy (non-hydrogen) atoms. The van der Waals surface area contributed by atoms with Crippen LogP contribution in [0.3, 0.4) is 0 Å². The Labute approximate surface area is 225 Å². The lowest BCUT2D eigenvalue weighted by molar-refractivity contribution is -0.129. The summed E-state index contributed by atoms with van der Waals surface area (Å²) in [5, 5.41) is 17.1. The Bertz CT molecular complexity index is 1490. The van der Waals surface area contributed by atoms with Crippen molar-refractivity contribution in [1.29, 1.82) is 0 Å². The normalized spacial score (nSPS) is 15.5. The second kappa shape index (κ2) is 11.5. The lowest BCUT2D eigenvalue weighted by Gasteiger charge is -2.16. The second-order valence-corrected chi connectivity index (χ2v) is 9.74. The van der Waals surface area contributed by atoms with Crippen molar-refractivity contribution < 1.29 is 14.8 Å². The Kier molecular flexibility index (Phi) is 7.75. The average Bonchev–Trinajstić information content (AvgIpc) is 3.56. The summed E-state index contributed by atoms with van der Waals surface area (Å²) < 4.78 is 1.94. The van der Waals surface area contributed by atoms with Crippen LogP contribution < -0.4 is 16.5 Å². The monoisotopic (exact) mass is 529 g/mol. The van der Waals surface area contributed by atoms with Gasteiger partial charge in [0.15, 0.2) is 5.65 Å². The third-order valence-corrected chi connectivity index (χ3v) is 6.94. The summed E-state index contributed by atoms with van der Waals surface area (Å²) in [7, 11) is 0. The molecular weight excluding hydrogens is 498 g/mol. The second-order valence-electron chi connectivity index (χ2n) is 9.74. The predicted octanol–water partition coefficient (Wildman–Crippen LogP) is 2.95. The van der Waals surface area contributed by atoms with Crippen molar-refractivity contribution in [3.05, 3.63) is 60.0 Å². The number of pyridine rings is 1. The zero-order valence-electron chi connectivity index (χ0n) is 21.7. The highest BCUT2D eigenvalue weighted by Gasteiger charge is 2.28. The molecule has 0 bridgehead atoms. The number of unbranched alkanes of at least 4 members (excludes halogenated alkanes) is 1. The van der Waals surface area contributed by atoms with Gasteiger partial charge in [0.2, 0.25) is 5.91 Å². The minimum atomic E-state index is -0.362. The molecule has 0 aliphatic carbocycles. The van der Waals surface area contributed by atoms with E-state index >= 15 is 0 Å². The summed E-state index contributed by atoms with van der Waals surface area (Å²) in [5.41, 5.74) is 11.6. The molecule has 3 aromatic heterocycles. The van der Waals surface area contributed by atoms with E-state index in [1.54, 1.807) is 23.8 Å². The summed E-state index contributed by atoms with van der Waals surface area (Å²) in [6.07, 6.45) is 5.89.